The maximum absolute atomic E-state index is 12.3. The fourth-order valence-electron chi connectivity index (χ4n) is 3.01. The number of nitrogens with zero attached hydrogens (tertiary/aromatic N) is 2. The Morgan fingerprint density at radius 3 is 3.04 bits per heavy atom. The number of halogens is 1. The molecule has 124 valence electrons. The molecular formula is C17H22ClN3O2. The van der Waals surface area contributed by atoms with Crippen LogP contribution in [0.2, 0.25) is 5.02 Å². The summed E-state index contributed by atoms with van der Waals surface area (Å²) in [6.45, 7) is 2.96. The number of hydrogen-bond donors (Lipinski definition) is 2. The van der Waals surface area contributed by atoms with E-state index in [1.54, 1.807) is 18.2 Å². The molecule has 0 saturated carbocycles. The van der Waals surface area contributed by atoms with Crippen molar-refractivity contribution in [2.45, 2.75) is 44.8 Å². The number of aliphatic hydroxyl groups is 1. The van der Waals surface area contributed by atoms with Crippen LogP contribution in [0.15, 0.2) is 18.2 Å². The van der Waals surface area contributed by atoms with Crippen LogP contribution in [0.5, 0.6) is 0 Å². The van der Waals surface area contributed by atoms with Crippen molar-refractivity contribution in [2.75, 3.05) is 18.4 Å². The minimum absolute atomic E-state index is 0.0225. The zero-order valence-corrected chi connectivity index (χ0v) is 14.0. The fourth-order valence-corrected chi connectivity index (χ4v) is 3.18. The molecule has 1 aromatic carbocycles. The Labute approximate surface area is 141 Å². The summed E-state index contributed by atoms with van der Waals surface area (Å²) >= 11 is 5.93. The highest BCUT2D eigenvalue weighted by atomic mass is 35.5. The van der Waals surface area contributed by atoms with E-state index in [9.17, 15) is 9.90 Å². The van der Waals surface area contributed by atoms with Crippen molar-refractivity contribution in [3.8, 4) is 6.07 Å². The van der Waals surface area contributed by atoms with Gasteiger partial charge in [-0.1, -0.05) is 24.9 Å². The molecule has 1 aliphatic heterocycles. The standard InChI is InChI=1S/C17H22ClN3O2/c1-2-16(22)15-5-3-4-8-21(15)11-17(23)20-14-9-13(18)7-6-12(14)10-19/h6-7,9,15-16,22H,2-5,8,11H2,1H3,(H,20,23). The van der Waals surface area contributed by atoms with E-state index in [0.29, 0.717) is 22.7 Å². The molecule has 5 nitrogen and oxygen atoms in total. The Bertz CT molecular complexity index is 600. The van der Waals surface area contributed by atoms with E-state index in [4.69, 9.17) is 16.9 Å². The van der Waals surface area contributed by atoms with Crippen LogP contribution in [0.25, 0.3) is 0 Å². The average molecular weight is 336 g/mol. The van der Waals surface area contributed by atoms with E-state index in [2.05, 4.69) is 5.32 Å². The molecule has 2 atom stereocenters. The Morgan fingerprint density at radius 2 is 2.35 bits per heavy atom. The summed E-state index contributed by atoms with van der Waals surface area (Å²) in [7, 11) is 0. The smallest absolute Gasteiger partial charge is 0.238 e. The van der Waals surface area contributed by atoms with Crippen molar-refractivity contribution in [1.29, 1.82) is 5.26 Å². The summed E-state index contributed by atoms with van der Waals surface area (Å²) in [6, 6.07) is 6.84. The number of piperidine rings is 1. The second kappa shape index (κ2) is 8.30. The SMILES string of the molecule is CCC(O)C1CCCCN1CC(=O)Nc1cc(Cl)ccc1C#N. The number of hydrogen-bond acceptors (Lipinski definition) is 4. The number of rotatable bonds is 5. The van der Waals surface area contributed by atoms with Gasteiger partial charge in [0, 0.05) is 11.1 Å². The highest BCUT2D eigenvalue weighted by Gasteiger charge is 2.29. The largest absolute Gasteiger partial charge is 0.392 e. The molecule has 23 heavy (non-hydrogen) atoms. The molecule has 1 aliphatic rings. The predicted molar refractivity (Wildman–Crippen MR) is 90.3 cm³/mol. The fraction of sp³-hybridized carbons (Fsp3) is 0.529. The first-order chi connectivity index (χ1) is 11.0. The van der Waals surface area contributed by atoms with E-state index >= 15 is 0 Å². The summed E-state index contributed by atoms with van der Waals surface area (Å²) in [5.41, 5.74) is 0.807. The van der Waals surface area contributed by atoms with E-state index in [1.165, 1.54) is 0 Å². The van der Waals surface area contributed by atoms with Crippen LogP contribution in [0.1, 0.15) is 38.2 Å². The van der Waals surface area contributed by atoms with Gasteiger partial charge in [0.25, 0.3) is 0 Å². The molecule has 0 aromatic heterocycles. The van der Waals surface area contributed by atoms with Crippen LogP contribution in [0.3, 0.4) is 0 Å². The number of anilines is 1. The van der Waals surface area contributed by atoms with Crippen LogP contribution < -0.4 is 5.32 Å². The minimum atomic E-state index is -0.413. The predicted octanol–water partition coefficient (Wildman–Crippen LogP) is 2.78. The van der Waals surface area contributed by atoms with Gasteiger partial charge in [0.05, 0.1) is 23.9 Å². The topological polar surface area (TPSA) is 76.4 Å². The third kappa shape index (κ3) is 4.68. The van der Waals surface area contributed by atoms with Gasteiger partial charge in [-0.25, -0.2) is 0 Å². The molecule has 0 aliphatic carbocycles. The van der Waals surface area contributed by atoms with Gasteiger partial charge in [-0.3, -0.25) is 9.69 Å². The molecule has 1 aromatic rings. The summed E-state index contributed by atoms with van der Waals surface area (Å²) < 4.78 is 0. The molecule has 1 fully saturated rings. The summed E-state index contributed by atoms with van der Waals surface area (Å²) in [6.07, 6.45) is 3.27. The Balaban J connectivity index is 2.04. The lowest BCUT2D eigenvalue weighted by atomic mass is 9.96. The first-order valence-electron chi connectivity index (χ1n) is 7.96. The maximum atomic E-state index is 12.3. The Hall–Kier alpha value is -1.61. The molecule has 2 unspecified atom stereocenters. The van der Waals surface area contributed by atoms with Gasteiger partial charge < -0.3 is 10.4 Å². The van der Waals surface area contributed by atoms with Gasteiger partial charge in [0.15, 0.2) is 0 Å². The second-order valence-electron chi connectivity index (χ2n) is 5.86. The summed E-state index contributed by atoms with van der Waals surface area (Å²) in [5.74, 6) is -0.195. The zero-order valence-electron chi connectivity index (χ0n) is 13.3. The first kappa shape index (κ1) is 17.7. The lowest BCUT2D eigenvalue weighted by Crippen LogP contribution is -2.49. The monoisotopic (exact) mass is 335 g/mol. The number of carbonyl (C=O) groups excluding carboxylic acids is 1. The van der Waals surface area contributed by atoms with Crippen LogP contribution >= 0.6 is 11.6 Å². The van der Waals surface area contributed by atoms with Crippen molar-refractivity contribution in [2.24, 2.45) is 0 Å². The lowest BCUT2D eigenvalue weighted by Gasteiger charge is -2.37. The number of benzene rings is 1. The summed E-state index contributed by atoms with van der Waals surface area (Å²) in [5, 5.41) is 22.5. The number of amides is 1. The van der Waals surface area contributed by atoms with Crippen LogP contribution in [0, 0.1) is 11.3 Å². The minimum Gasteiger partial charge on any atom is -0.392 e. The zero-order chi connectivity index (χ0) is 16.8. The average Bonchev–Trinajstić information content (AvgIpc) is 2.55. The highest BCUT2D eigenvalue weighted by Crippen LogP contribution is 2.23. The van der Waals surface area contributed by atoms with Crippen molar-refractivity contribution in [3.05, 3.63) is 28.8 Å². The molecule has 1 saturated heterocycles. The molecule has 1 amide bonds. The van der Waals surface area contributed by atoms with Crippen LogP contribution in [0.4, 0.5) is 5.69 Å². The molecule has 0 radical (unpaired) electrons. The molecule has 0 bridgehead atoms. The summed E-state index contributed by atoms with van der Waals surface area (Å²) in [4.78, 5) is 14.4. The van der Waals surface area contributed by atoms with E-state index < -0.39 is 6.10 Å². The van der Waals surface area contributed by atoms with Crippen molar-refractivity contribution in [1.82, 2.24) is 4.90 Å². The first-order valence-corrected chi connectivity index (χ1v) is 8.34. The number of nitrogens with one attached hydrogen (secondary N) is 1. The molecule has 0 spiro atoms. The van der Waals surface area contributed by atoms with Crippen molar-refractivity contribution in [3.63, 3.8) is 0 Å². The van der Waals surface area contributed by atoms with Crippen LogP contribution in [-0.2, 0) is 4.79 Å². The molecule has 1 heterocycles. The van der Waals surface area contributed by atoms with Crippen LogP contribution in [-0.4, -0.2) is 41.1 Å². The molecular weight excluding hydrogens is 314 g/mol. The van der Waals surface area contributed by atoms with Gasteiger partial charge >= 0.3 is 0 Å². The quantitative estimate of drug-likeness (QED) is 0.867. The number of aliphatic hydroxyl groups excluding tert-OH is 1. The van der Waals surface area contributed by atoms with Gasteiger partial charge in [-0.15, -0.1) is 0 Å². The third-order valence-electron chi connectivity index (χ3n) is 4.25. The van der Waals surface area contributed by atoms with Gasteiger partial charge in [0.2, 0.25) is 5.91 Å². The van der Waals surface area contributed by atoms with Crippen molar-refractivity contribution >= 4 is 23.2 Å². The Kier molecular flexibility index (Phi) is 6.40. The van der Waals surface area contributed by atoms with Gasteiger partial charge in [-0.2, -0.15) is 5.26 Å². The second-order valence-corrected chi connectivity index (χ2v) is 6.30. The van der Waals surface area contributed by atoms with E-state index in [-0.39, 0.29) is 18.5 Å². The lowest BCUT2D eigenvalue weighted by molar-refractivity contribution is -0.119. The van der Waals surface area contributed by atoms with Crippen molar-refractivity contribution < 1.29 is 9.90 Å². The van der Waals surface area contributed by atoms with E-state index in [0.717, 1.165) is 25.8 Å². The maximum Gasteiger partial charge on any atom is 0.238 e. The highest BCUT2D eigenvalue weighted by molar-refractivity contribution is 6.31. The molecule has 2 rings (SSSR count). The number of likely N-dealkylation sites (tertiary alicyclic amines) is 1. The number of carbonyl (C=O) groups is 1. The molecule has 2 N–H and O–H groups in total. The third-order valence-corrected chi connectivity index (χ3v) is 4.48. The molecule has 6 heteroatoms. The number of nitriles is 1. The normalized spacial score (nSPS) is 19.8. The van der Waals surface area contributed by atoms with Gasteiger partial charge in [-0.05, 0) is 44.0 Å². The van der Waals surface area contributed by atoms with Gasteiger partial charge in [0.1, 0.15) is 6.07 Å². The Morgan fingerprint density at radius 1 is 1.57 bits per heavy atom. The van der Waals surface area contributed by atoms with E-state index in [1.807, 2.05) is 17.9 Å².